The van der Waals surface area contributed by atoms with Crippen LogP contribution in [-0.4, -0.2) is 22.5 Å². The number of nitrogens with zero attached hydrogens (tertiary/aromatic N) is 3. The molecule has 2 amide bonds. The van der Waals surface area contributed by atoms with Gasteiger partial charge in [-0.05, 0) is 65.7 Å². The van der Waals surface area contributed by atoms with E-state index in [1.165, 1.54) is 36.5 Å². The first kappa shape index (κ1) is 28.0. The van der Waals surface area contributed by atoms with Gasteiger partial charge in [-0.2, -0.15) is 23.5 Å². The Hall–Kier alpha value is -5.01. The lowest BCUT2D eigenvalue weighted by Crippen LogP contribution is -2.22. The molecule has 3 aromatic carbocycles. The van der Waals surface area contributed by atoms with Crippen LogP contribution in [0.3, 0.4) is 0 Å². The number of alkyl halides is 3. The molecule has 0 unspecified atom stereocenters. The number of pyridine rings is 1. The number of hydrogen-bond donors (Lipinski definition) is 2. The molecule has 200 valence electrons. The van der Waals surface area contributed by atoms with Crippen molar-refractivity contribution in [3.05, 3.63) is 130 Å². The summed E-state index contributed by atoms with van der Waals surface area (Å²) >= 11 is 5.97. The Bertz CT molecular complexity index is 1630. The topological polar surface area (TPSA) is 107 Å². The first-order chi connectivity index (χ1) is 19.1. The molecule has 7 nitrogen and oxygen atoms in total. The van der Waals surface area contributed by atoms with Gasteiger partial charge in [0.15, 0.2) is 0 Å². The highest BCUT2D eigenvalue weighted by atomic mass is 35.5. The molecule has 0 saturated heterocycles. The summed E-state index contributed by atoms with van der Waals surface area (Å²) < 4.78 is 40.1. The van der Waals surface area contributed by atoms with Gasteiger partial charge >= 0.3 is 6.18 Å². The summed E-state index contributed by atoms with van der Waals surface area (Å²) in [6, 6.07) is 22.2. The van der Waals surface area contributed by atoms with Crippen LogP contribution in [0.5, 0.6) is 0 Å². The molecule has 4 rings (SSSR count). The fourth-order valence-corrected chi connectivity index (χ4v) is 3.85. The van der Waals surface area contributed by atoms with Crippen molar-refractivity contribution in [3.63, 3.8) is 0 Å². The molecule has 40 heavy (non-hydrogen) atoms. The number of carbonyl (C=O) groups is 2. The molecule has 0 atom stereocenters. The highest BCUT2D eigenvalue weighted by Gasteiger charge is 2.30. The maximum absolute atomic E-state index is 13.4. The lowest BCUT2D eigenvalue weighted by Gasteiger charge is -2.12. The van der Waals surface area contributed by atoms with E-state index in [0.717, 1.165) is 12.1 Å². The van der Waals surface area contributed by atoms with Gasteiger partial charge in [-0.15, -0.1) is 0 Å². The molecule has 11 heteroatoms. The van der Waals surface area contributed by atoms with Crippen molar-refractivity contribution in [2.75, 3.05) is 5.32 Å². The maximum Gasteiger partial charge on any atom is 0.416 e. The molecule has 0 bridgehead atoms. The standard InChI is InChI=1S/C29H19ClF3N5O2/c30-26-24(8-3-13-35-26)28(40)36-23-7-2-5-21(16-23)27(39)38-37-25(14-18-9-11-19(17-34)12-10-18)20-4-1-6-22(15-20)29(31,32)33/h1-13,15-16H,14H2,(H,36,40)(H,38,39). The number of hydrazone groups is 1. The van der Waals surface area contributed by atoms with E-state index in [9.17, 15) is 22.8 Å². The number of aromatic nitrogens is 1. The molecule has 1 heterocycles. The Morgan fingerprint density at radius 2 is 1.65 bits per heavy atom. The van der Waals surface area contributed by atoms with E-state index in [4.69, 9.17) is 16.9 Å². The SMILES string of the molecule is N#Cc1ccc(CC(=NNC(=O)c2cccc(NC(=O)c3cccnc3Cl)c2)c2cccc(C(F)(F)F)c2)cc1. The molecule has 0 aliphatic rings. The van der Waals surface area contributed by atoms with Gasteiger partial charge in [0.1, 0.15) is 5.15 Å². The predicted molar refractivity (Wildman–Crippen MR) is 144 cm³/mol. The average Bonchev–Trinajstić information content (AvgIpc) is 2.95. The van der Waals surface area contributed by atoms with Gasteiger partial charge in [-0.1, -0.05) is 41.9 Å². The third-order valence-electron chi connectivity index (χ3n) is 5.66. The predicted octanol–water partition coefficient (Wildman–Crippen LogP) is 6.25. The van der Waals surface area contributed by atoms with E-state index < -0.39 is 23.6 Å². The van der Waals surface area contributed by atoms with Crippen LogP contribution >= 0.6 is 11.6 Å². The van der Waals surface area contributed by atoms with Crippen LogP contribution in [-0.2, 0) is 12.6 Å². The van der Waals surface area contributed by atoms with Crippen molar-refractivity contribution in [2.45, 2.75) is 12.6 Å². The lowest BCUT2D eigenvalue weighted by atomic mass is 9.99. The van der Waals surface area contributed by atoms with Crippen LogP contribution < -0.4 is 10.7 Å². The van der Waals surface area contributed by atoms with Crippen molar-refractivity contribution < 1.29 is 22.8 Å². The second kappa shape index (κ2) is 12.2. The van der Waals surface area contributed by atoms with Crippen LogP contribution in [0.15, 0.2) is 96.2 Å². The van der Waals surface area contributed by atoms with Gasteiger partial charge in [-0.3, -0.25) is 9.59 Å². The molecular formula is C29H19ClF3N5O2. The van der Waals surface area contributed by atoms with Crippen molar-refractivity contribution in [3.8, 4) is 6.07 Å². The van der Waals surface area contributed by atoms with Gasteiger partial charge in [0.2, 0.25) is 0 Å². The average molecular weight is 562 g/mol. The zero-order valence-corrected chi connectivity index (χ0v) is 21.3. The first-order valence-corrected chi connectivity index (χ1v) is 12.1. The Labute approximate surface area is 231 Å². The van der Waals surface area contributed by atoms with E-state index >= 15 is 0 Å². The summed E-state index contributed by atoms with van der Waals surface area (Å²) in [6.07, 6.45) is -3.04. The van der Waals surface area contributed by atoms with E-state index in [-0.39, 0.29) is 34.0 Å². The fourth-order valence-electron chi connectivity index (χ4n) is 3.65. The second-order valence-electron chi connectivity index (χ2n) is 8.44. The molecule has 0 radical (unpaired) electrons. The largest absolute Gasteiger partial charge is 0.416 e. The third kappa shape index (κ3) is 7.09. The van der Waals surface area contributed by atoms with E-state index in [1.54, 1.807) is 42.5 Å². The van der Waals surface area contributed by atoms with Crippen LogP contribution in [0, 0.1) is 11.3 Å². The Balaban J connectivity index is 1.58. The summed E-state index contributed by atoms with van der Waals surface area (Å²) in [5, 5.41) is 15.8. The minimum atomic E-state index is -4.57. The van der Waals surface area contributed by atoms with Crippen molar-refractivity contribution in [2.24, 2.45) is 5.10 Å². The Kier molecular flexibility index (Phi) is 8.57. The number of rotatable bonds is 7. The lowest BCUT2D eigenvalue weighted by molar-refractivity contribution is -0.137. The maximum atomic E-state index is 13.4. The molecule has 0 aliphatic heterocycles. The minimum absolute atomic E-state index is 0.0209. The van der Waals surface area contributed by atoms with Crippen LogP contribution in [0.4, 0.5) is 18.9 Å². The van der Waals surface area contributed by atoms with E-state index in [0.29, 0.717) is 16.8 Å². The van der Waals surface area contributed by atoms with Crippen molar-refractivity contribution >= 4 is 34.8 Å². The highest BCUT2D eigenvalue weighted by Crippen LogP contribution is 2.30. The molecule has 0 saturated carbocycles. The van der Waals surface area contributed by atoms with Gasteiger partial charge in [0, 0.05) is 23.9 Å². The normalized spacial score (nSPS) is 11.4. The number of anilines is 1. The number of halogens is 4. The summed E-state index contributed by atoms with van der Waals surface area (Å²) in [6.45, 7) is 0. The summed E-state index contributed by atoms with van der Waals surface area (Å²) in [4.78, 5) is 29.3. The monoisotopic (exact) mass is 561 g/mol. The number of carbonyl (C=O) groups excluding carboxylic acids is 2. The molecule has 1 aromatic heterocycles. The van der Waals surface area contributed by atoms with E-state index in [1.807, 2.05) is 6.07 Å². The Morgan fingerprint density at radius 1 is 0.925 bits per heavy atom. The third-order valence-corrected chi connectivity index (χ3v) is 5.96. The zero-order valence-electron chi connectivity index (χ0n) is 20.5. The quantitative estimate of drug-likeness (QED) is 0.158. The summed E-state index contributed by atoms with van der Waals surface area (Å²) in [5.74, 6) is -1.18. The highest BCUT2D eigenvalue weighted by molar-refractivity contribution is 6.33. The van der Waals surface area contributed by atoms with Crippen molar-refractivity contribution in [1.29, 1.82) is 5.26 Å². The van der Waals surface area contributed by atoms with Gasteiger partial charge in [0.25, 0.3) is 11.8 Å². The number of hydrogen-bond acceptors (Lipinski definition) is 5. The van der Waals surface area contributed by atoms with Gasteiger partial charge in [0.05, 0.1) is 28.5 Å². The minimum Gasteiger partial charge on any atom is -0.322 e. The molecule has 0 fully saturated rings. The Morgan fingerprint density at radius 3 is 2.35 bits per heavy atom. The fraction of sp³-hybridized carbons (Fsp3) is 0.0690. The first-order valence-electron chi connectivity index (χ1n) is 11.7. The number of nitriles is 1. The van der Waals surface area contributed by atoms with E-state index in [2.05, 4.69) is 20.8 Å². The molecule has 4 aromatic rings. The van der Waals surface area contributed by atoms with Crippen molar-refractivity contribution in [1.82, 2.24) is 10.4 Å². The summed E-state index contributed by atoms with van der Waals surface area (Å²) in [5.41, 5.74) is 3.54. The second-order valence-corrected chi connectivity index (χ2v) is 8.80. The zero-order chi connectivity index (χ0) is 28.7. The van der Waals surface area contributed by atoms with Gasteiger partial charge in [-0.25, -0.2) is 10.4 Å². The molecule has 0 aliphatic carbocycles. The summed E-state index contributed by atoms with van der Waals surface area (Å²) in [7, 11) is 0. The smallest absolute Gasteiger partial charge is 0.322 e. The van der Waals surface area contributed by atoms with Crippen LogP contribution in [0.1, 0.15) is 43.0 Å². The molecule has 0 spiro atoms. The van der Waals surface area contributed by atoms with Gasteiger partial charge < -0.3 is 5.32 Å². The van der Waals surface area contributed by atoms with Crippen LogP contribution in [0.25, 0.3) is 0 Å². The molecule has 2 N–H and O–H groups in total. The number of nitrogens with one attached hydrogen (secondary N) is 2. The molecular weight excluding hydrogens is 543 g/mol. The number of benzene rings is 3. The van der Waals surface area contributed by atoms with Crippen LogP contribution in [0.2, 0.25) is 5.15 Å². The number of amides is 2.